The minimum Gasteiger partial charge on any atom is -0.490 e. The van der Waals surface area contributed by atoms with Gasteiger partial charge in [0.05, 0.1) is 0 Å². The van der Waals surface area contributed by atoms with Gasteiger partial charge in [-0.05, 0) is 55.7 Å². The van der Waals surface area contributed by atoms with E-state index in [2.05, 4.69) is 20.8 Å². The number of carbonyl (C=O) groups excluding carboxylic acids is 1. The molecule has 3 heteroatoms. The zero-order chi connectivity index (χ0) is 15.6. The molecule has 1 aromatic carbocycles. The number of nitrogen functional groups attached to an aromatic ring is 1. The van der Waals surface area contributed by atoms with Gasteiger partial charge < -0.3 is 10.5 Å². The Morgan fingerprint density at radius 1 is 1.33 bits per heavy atom. The molecule has 0 aromatic heterocycles. The Morgan fingerprint density at radius 3 is 2.67 bits per heavy atom. The van der Waals surface area contributed by atoms with E-state index in [1.165, 1.54) is 19.8 Å². The van der Waals surface area contributed by atoms with Crippen molar-refractivity contribution < 1.29 is 9.53 Å². The molecular weight excluding hydrogens is 262 g/mol. The third-order valence-electron chi connectivity index (χ3n) is 4.65. The molecule has 2 rings (SSSR count). The molecule has 3 atom stereocenters. The van der Waals surface area contributed by atoms with E-state index >= 15 is 0 Å². The smallest absolute Gasteiger partial charge is 0.162 e. The van der Waals surface area contributed by atoms with Gasteiger partial charge in [-0.3, -0.25) is 4.79 Å². The molecule has 1 aliphatic carbocycles. The van der Waals surface area contributed by atoms with Crippen LogP contribution in [0.4, 0.5) is 5.69 Å². The van der Waals surface area contributed by atoms with E-state index < -0.39 is 0 Å². The van der Waals surface area contributed by atoms with Crippen molar-refractivity contribution in [2.24, 2.45) is 17.8 Å². The van der Waals surface area contributed by atoms with Crippen molar-refractivity contribution >= 4 is 11.5 Å². The SMILES string of the molecule is CC(=O)c1cc(OC2CC(C)CCC2C(C)C)ccc1N. The Bertz CT molecular complexity index is 510. The van der Waals surface area contributed by atoms with Gasteiger partial charge in [0.2, 0.25) is 0 Å². The maximum Gasteiger partial charge on any atom is 0.162 e. The quantitative estimate of drug-likeness (QED) is 0.663. The number of rotatable bonds is 4. The summed E-state index contributed by atoms with van der Waals surface area (Å²) in [4.78, 5) is 11.6. The molecule has 2 N–H and O–H groups in total. The normalized spacial score (nSPS) is 25.9. The highest BCUT2D eigenvalue weighted by atomic mass is 16.5. The molecule has 0 amide bonds. The highest BCUT2D eigenvalue weighted by Gasteiger charge is 2.32. The van der Waals surface area contributed by atoms with E-state index in [1.807, 2.05) is 6.07 Å². The summed E-state index contributed by atoms with van der Waals surface area (Å²) in [5.74, 6) is 2.64. The van der Waals surface area contributed by atoms with Crippen molar-refractivity contribution in [3.63, 3.8) is 0 Å². The summed E-state index contributed by atoms with van der Waals surface area (Å²) >= 11 is 0. The summed E-state index contributed by atoms with van der Waals surface area (Å²) in [6, 6.07) is 5.43. The molecule has 3 unspecified atom stereocenters. The Kier molecular flexibility index (Phi) is 4.92. The molecule has 0 radical (unpaired) electrons. The second-order valence-electron chi connectivity index (χ2n) is 6.79. The molecule has 3 nitrogen and oxygen atoms in total. The number of anilines is 1. The van der Waals surface area contributed by atoms with Gasteiger partial charge in [0, 0.05) is 11.3 Å². The van der Waals surface area contributed by atoms with Crippen molar-refractivity contribution in [1.29, 1.82) is 0 Å². The van der Waals surface area contributed by atoms with Crippen LogP contribution in [0.25, 0.3) is 0 Å². The van der Waals surface area contributed by atoms with Gasteiger partial charge in [-0.2, -0.15) is 0 Å². The first-order valence-corrected chi connectivity index (χ1v) is 7.95. The molecule has 1 fully saturated rings. The molecule has 0 saturated heterocycles. The van der Waals surface area contributed by atoms with Crippen molar-refractivity contribution in [1.82, 2.24) is 0 Å². The molecular formula is C18H27NO2. The van der Waals surface area contributed by atoms with Crippen LogP contribution in [-0.4, -0.2) is 11.9 Å². The lowest BCUT2D eigenvalue weighted by molar-refractivity contribution is 0.0459. The number of ether oxygens (including phenoxy) is 1. The fourth-order valence-electron chi connectivity index (χ4n) is 3.34. The number of hydrogen-bond acceptors (Lipinski definition) is 3. The minimum absolute atomic E-state index is 0.0182. The standard InChI is InChI=1S/C18H27NO2/c1-11(2)15-7-5-12(3)9-18(15)21-14-6-8-17(19)16(10-14)13(4)20/h6,8,10-12,15,18H,5,7,9,19H2,1-4H3. The first-order valence-electron chi connectivity index (χ1n) is 7.95. The highest BCUT2D eigenvalue weighted by molar-refractivity contribution is 5.99. The highest BCUT2D eigenvalue weighted by Crippen LogP contribution is 2.36. The molecule has 0 spiro atoms. The van der Waals surface area contributed by atoms with Crippen LogP contribution in [0.5, 0.6) is 5.75 Å². The Balaban J connectivity index is 2.18. The minimum atomic E-state index is -0.0182. The van der Waals surface area contributed by atoms with Crippen molar-refractivity contribution in [2.75, 3.05) is 5.73 Å². The fourth-order valence-corrected chi connectivity index (χ4v) is 3.34. The third kappa shape index (κ3) is 3.78. The number of benzene rings is 1. The predicted octanol–water partition coefficient (Wildman–Crippen LogP) is 4.31. The monoisotopic (exact) mass is 289 g/mol. The predicted molar refractivity (Wildman–Crippen MR) is 86.6 cm³/mol. The first-order chi connectivity index (χ1) is 9.88. The van der Waals surface area contributed by atoms with Gasteiger partial charge >= 0.3 is 0 Å². The van der Waals surface area contributed by atoms with Crippen LogP contribution >= 0.6 is 0 Å². The Morgan fingerprint density at radius 2 is 2.05 bits per heavy atom. The van der Waals surface area contributed by atoms with Gasteiger partial charge in [0.25, 0.3) is 0 Å². The molecule has 0 heterocycles. The average molecular weight is 289 g/mol. The van der Waals surface area contributed by atoms with Crippen molar-refractivity contribution in [2.45, 2.75) is 53.1 Å². The summed E-state index contributed by atoms with van der Waals surface area (Å²) in [5, 5.41) is 0. The van der Waals surface area contributed by atoms with E-state index in [9.17, 15) is 4.79 Å². The molecule has 0 aliphatic heterocycles. The second-order valence-corrected chi connectivity index (χ2v) is 6.79. The molecule has 0 bridgehead atoms. The molecule has 1 aliphatic rings. The van der Waals surface area contributed by atoms with Crippen LogP contribution in [0.15, 0.2) is 18.2 Å². The van der Waals surface area contributed by atoms with Gasteiger partial charge in [0.15, 0.2) is 5.78 Å². The van der Waals surface area contributed by atoms with Crippen LogP contribution in [0.3, 0.4) is 0 Å². The summed E-state index contributed by atoms with van der Waals surface area (Å²) in [7, 11) is 0. The maximum atomic E-state index is 11.6. The van der Waals surface area contributed by atoms with Crippen molar-refractivity contribution in [3.8, 4) is 5.75 Å². The lowest BCUT2D eigenvalue weighted by Gasteiger charge is -2.37. The van der Waals surface area contributed by atoms with Gasteiger partial charge in [0.1, 0.15) is 11.9 Å². The summed E-state index contributed by atoms with van der Waals surface area (Å²) in [6.45, 7) is 8.36. The molecule has 116 valence electrons. The fraction of sp³-hybridized carbons (Fsp3) is 0.611. The van der Waals surface area contributed by atoms with Crippen LogP contribution in [0.2, 0.25) is 0 Å². The summed E-state index contributed by atoms with van der Waals surface area (Å²) in [6.07, 6.45) is 3.82. The van der Waals surface area contributed by atoms with Crippen LogP contribution in [-0.2, 0) is 0 Å². The third-order valence-corrected chi connectivity index (χ3v) is 4.65. The van der Waals surface area contributed by atoms with E-state index in [0.29, 0.717) is 29.0 Å². The number of hydrogen-bond donors (Lipinski definition) is 1. The van der Waals surface area contributed by atoms with Crippen LogP contribution < -0.4 is 10.5 Å². The lowest BCUT2D eigenvalue weighted by Crippen LogP contribution is -2.36. The lowest BCUT2D eigenvalue weighted by atomic mass is 9.75. The van der Waals surface area contributed by atoms with Gasteiger partial charge in [-0.1, -0.05) is 27.2 Å². The van der Waals surface area contributed by atoms with E-state index in [4.69, 9.17) is 10.5 Å². The van der Waals surface area contributed by atoms with E-state index in [-0.39, 0.29) is 11.9 Å². The van der Waals surface area contributed by atoms with Crippen molar-refractivity contribution in [3.05, 3.63) is 23.8 Å². The van der Waals surface area contributed by atoms with Crippen LogP contribution in [0, 0.1) is 17.8 Å². The first kappa shape index (κ1) is 15.9. The van der Waals surface area contributed by atoms with Crippen LogP contribution in [0.1, 0.15) is 57.3 Å². The zero-order valence-corrected chi connectivity index (χ0v) is 13.6. The molecule has 1 saturated carbocycles. The Labute approximate surface area is 127 Å². The topological polar surface area (TPSA) is 52.3 Å². The molecule has 1 aromatic rings. The van der Waals surface area contributed by atoms with Gasteiger partial charge in [-0.15, -0.1) is 0 Å². The van der Waals surface area contributed by atoms with E-state index in [1.54, 1.807) is 12.1 Å². The average Bonchev–Trinajstić information content (AvgIpc) is 2.40. The largest absolute Gasteiger partial charge is 0.490 e. The van der Waals surface area contributed by atoms with E-state index in [0.717, 1.165) is 12.2 Å². The molecule has 21 heavy (non-hydrogen) atoms. The number of carbonyl (C=O) groups is 1. The number of ketones is 1. The Hall–Kier alpha value is -1.51. The maximum absolute atomic E-state index is 11.6. The summed E-state index contributed by atoms with van der Waals surface area (Å²) < 4.78 is 6.24. The van der Waals surface area contributed by atoms with Gasteiger partial charge in [-0.25, -0.2) is 0 Å². The second kappa shape index (κ2) is 6.50. The zero-order valence-electron chi connectivity index (χ0n) is 13.6. The summed E-state index contributed by atoms with van der Waals surface area (Å²) in [5.41, 5.74) is 6.92. The number of nitrogens with two attached hydrogens (primary N) is 1. The number of Topliss-reactive ketones (excluding diaryl/α,β-unsaturated/α-hetero) is 1.